The molecule has 2 aromatic rings. The molecule has 0 radical (unpaired) electrons. The van der Waals surface area contributed by atoms with Crippen LogP contribution in [0.3, 0.4) is 0 Å². The fourth-order valence-corrected chi connectivity index (χ4v) is 2.72. The van der Waals surface area contributed by atoms with Crippen LogP contribution in [0.15, 0.2) is 65.5 Å². The van der Waals surface area contributed by atoms with Crippen molar-refractivity contribution in [2.75, 3.05) is 4.90 Å². The molecule has 1 aliphatic rings. The molecule has 22 heavy (non-hydrogen) atoms. The molecule has 6 heteroatoms. The first kappa shape index (κ1) is 14.2. The van der Waals surface area contributed by atoms with Crippen LogP contribution in [-0.2, 0) is 4.79 Å². The van der Waals surface area contributed by atoms with Gasteiger partial charge in [-0.1, -0.05) is 24.3 Å². The number of carbonyl (C=O) groups excluding carboxylic acids is 1. The number of aromatic nitrogens is 1. The number of hydrogen-bond donors (Lipinski definition) is 2. The van der Waals surface area contributed by atoms with Crippen LogP contribution in [0.5, 0.6) is 0 Å². The van der Waals surface area contributed by atoms with Gasteiger partial charge in [0, 0.05) is 23.6 Å². The van der Waals surface area contributed by atoms with Gasteiger partial charge in [-0.25, -0.2) is 0 Å². The number of amides is 1. The van der Waals surface area contributed by atoms with Gasteiger partial charge in [-0.05, 0) is 18.2 Å². The van der Waals surface area contributed by atoms with Gasteiger partial charge in [0.05, 0.1) is 5.03 Å². The summed E-state index contributed by atoms with van der Waals surface area (Å²) in [5, 5.41) is 12.4. The molecule has 3 rings (SSSR count). The van der Waals surface area contributed by atoms with Crippen LogP contribution in [-0.4, -0.2) is 10.9 Å². The number of benzene rings is 1. The van der Waals surface area contributed by atoms with Crippen molar-refractivity contribution < 1.29 is 4.79 Å². The Morgan fingerprint density at radius 1 is 1.23 bits per heavy atom. The molecular formula is C16H12N4OS. The Kier molecular flexibility index (Phi) is 3.81. The van der Waals surface area contributed by atoms with Crippen LogP contribution in [0, 0.1) is 11.3 Å². The standard InChI is InChI=1S/C16H12N4OS/c17-9-13-15(21)19-14(11-5-4-8-18-10-11)20(16(13)22)12-6-2-1-3-7-12/h1-8,10,14,22H,(H,19,21). The number of thiol groups is 1. The van der Waals surface area contributed by atoms with Crippen molar-refractivity contribution in [3.05, 3.63) is 71.0 Å². The van der Waals surface area contributed by atoms with Gasteiger partial charge in [-0.2, -0.15) is 5.26 Å². The molecule has 0 aliphatic carbocycles. The molecule has 5 nitrogen and oxygen atoms in total. The number of nitrogens with zero attached hydrogens (tertiary/aromatic N) is 3. The Hall–Kier alpha value is -2.78. The number of rotatable bonds is 2. The van der Waals surface area contributed by atoms with Crippen LogP contribution in [0.25, 0.3) is 0 Å². The van der Waals surface area contributed by atoms with Crippen molar-refractivity contribution >= 4 is 24.2 Å². The number of hydrogen-bond acceptors (Lipinski definition) is 5. The first-order valence-corrected chi connectivity index (χ1v) is 7.05. The highest BCUT2D eigenvalue weighted by Gasteiger charge is 2.33. The zero-order valence-electron chi connectivity index (χ0n) is 11.5. The summed E-state index contributed by atoms with van der Waals surface area (Å²) < 4.78 is 0. The van der Waals surface area contributed by atoms with Crippen LogP contribution >= 0.6 is 12.6 Å². The van der Waals surface area contributed by atoms with E-state index in [9.17, 15) is 10.1 Å². The maximum atomic E-state index is 12.1. The molecule has 1 unspecified atom stereocenters. The number of nitriles is 1. The summed E-state index contributed by atoms with van der Waals surface area (Å²) in [6.45, 7) is 0. The van der Waals surface area contributed by atoms with Crippen molar-refractivity contribution in [2.24, 2.45) is 0 Å². The SMILES string of the molecule is N#CC1=C(S)N(c2ccccc2)C(c2cccnc2)NC1=O. The lowest BCUT2D eigenvalue weighted by atomic mass is 10.1. The number of para-hydroxylation sites is 1. The van der Waals surface area contributed by atoms with E-state index >= 15 is 0 Å². The van der Waals surface area contributed by atoms with Crippen molar-refractivity contribution in [3.8, 4) is 6.07 Å². The molecule has 0 bridgehead atoms. The molecule has 1 aromatic carbocycles. The third kappa shape index (κ3) is 2.43. The Bertz CT molecular complexity index is 768. The number of carbonyl (C=O) groups is 1. The second kappa shape index (κ2) is 5.92. The second-order valence-corrected chi connectivity index (χ2v) is 5.10. The van der Waals surface area contributed by atoms with Crippen molar-refractivity contribution in [2.45, 2.75) is 6.17 Å². The minimum Gasteiger partial charge on any atom is -0.327 e. The molecule has 0 fully saturated rings. The average molecular weight is 308 g/mol. The van der Waals surface area contributed by atoms with E-state index in [4.69, 9.17) is 0 Å². The smallest absolute Gasteiger partial charge is 0.266 e. The zero-order valence-corrected chi connectivity index (χ0v) is 12.4. The quantitative estimate of drug-likeness (QED) is 0.836. The summed E-state index contributed by atoms with van der Waals surface area (Å²) in [6.07, 6.45) is 2.88. The minimum atomic E-state index is -0.465. The van der Waals surface area contributed by atoms with E-state index in [2.05, 4.69) is 22.9 Å². The van der Waals surface area contributed by atoms with Crippen LogP contribution in [0.2, 0.25) is 0 Å². The zero-order chi connectivity index (χ0) is 15.5. The van der Waals surface area contributed by atoms with E-state index in [1.807, 2.05) is 42.5 Å². The molecule has 108 valence electrons. The van der Waals surface area contributed by atoms with Gasteiger partial charge in [0.1, 0.15) is 17.8 Å². The van der Waals surface area contributed by atoms with Gasteiger partial charge < -0.3 is 10.2 Å². The summed E-state index contributed by atoms with van der Waals surface area (Å²) in [5.41, 5.74) is 1.63. The molecule has 0 spiro atoms. The first-order chi connectivity index (χ1) is 10.7. The Labute approximate surface area is 133 Å². The molecule has 1 amide bonds. The van der Waals surface area contributed by atoms with Gasteiger partial charge in [0.15, 0.2) is 0 Å². The average Bonchev–Trinajstić information content (AvgIpc) is 2.56. The fourth-order valence-electron chi connectivity index (χ4n) is 2.34. The third-order valence-electron chi connectivity index (χ3n) is 3.35. The number of nitrogens with one attached hydrogen (secondary N) is 1. The Morgan fingerprint density at radius 2 is 2.00 bits per heavy atom. The Morgan fingerprint density at radius 3 is 2.64 bits per heavy atom. The molecule has 1 aromatic heterocycles. The van der Waals surface area contributed by atoms with Gasteiger partial charge in [-0.15, -0.1) is 12.6 Å². The first-order valence-electron chi connectivity index (χ1n) is 6.61. The summed E-state index contributed by atoms with van der Waals surface area (Å²) in [5.74, 6) is -0.437. The van der Waals surface area contributed by atoms with Gasteiger partial charge in [0.25, 0.3) is 5.91 Å². The minimum absolute atomic E-state index is 0.00710. The summed E-state index contributed by atoms with van der Waals surface area (Å²) >= 11 is 4.41. The van der Waals surface area contributed by atoms with Crippen LogP contribution in [0.4, 0.5) is 5.69 Å². The monoisotopic (exact) mass is 308 g/mol. The predicted octanol–water partition coefficient (Wildman–Crippen LogP) is 2.38. The largest absolute Gasteiger partial charge is 0.327 e. The van der Waals surface area contributed by atoms with Crippen molar-refractivity contribution in [1.29, 1.82) is 5.26 Å². The summed E-state index contributed by atoms with van der Waals surface area (Å²) in [4.78, 5) is 18.0. The molecule has 2 heterocycles. The maximum absolute atomic E-state index is 12.1. The fraction of sp³-hybridized carbons (Fsp3) is 0.0625. The van der Waals surface area contributed by atoms with E-state index < -0.39 is 12.1 Å². The van der Waals surface area contributed by atoms with Crippen molar-refractivity contribution in [3.63, 3.8) is 0 Å². The lowest BCUT2D eigenvalue weighted by Crippen LogP contribution is -2.46. The van der Waals surface area contributed by atoms with Crippen molar-refractivity contribution in [1.82, 2.24) is 10.3 Å². The highest BCUT2D eigenvalue weighted by atomic mass is 32.1. The van der Waals surface area contributed by atoms with Crippen LogP contribution in [0.1, 0.15) is 11.7 Å². The van der Waals surface area contributed by atoms with E-state index in [1.54, 1.807) is 23.4 Å². The van der Waals surface area contributed by atoms with E-state index in [0.29, 0.717) is 5.03 Å². The molecule has 1 aliphatic heterocycles. The Balaban J connectivity index is 2.15. The van der Waals surface area contributed by atoms with Gasteiger partial charge >= 0.3 is 0 Å². The topological polar surface area (TPSA) is 69.0 Å². The lowest BCUT2D eigenvalue weighted by Gasteiger charge is -2.37. The second-order valence-electron chi connectivity index (χ2n) is 4.68. The molecule has 1 N–H and O–H groups in total. The maximum Gasteiger partial charge on any atom is 0.266 e. The number of pyridine rings is 1. The van der Waals surface area contributed by atoms with E-state index in [1.165, 1.54) is 0 Å². The molecule has 0 saturated heterocycles. The normalized spacial score (nSPS) is 17.9. The number of anilines is 1. The predicted molar refractivity (Wildman–Crippen MR) is 85.7 cm³/mol. The highest BCUT2D eigenvalue weighted by molar-refractivity contribution is 7.84. The molecule has 0 saturated carbocycles. The molecule has 1 atom stereocenters. The van der Waals surface area contributed by atoms with E-state index in [-0.39, 0.29) is 5.57 Å². The van der Waals surface area contributed by atoms with Gasteiger partial charge in [0.2, 0.25) is 0 Å². The summed E-state index contributed by atoms with van der Waals surface area (Å²) in [7, 11) is 0. The summed E-state index contributed by atoms with van der Waals surface area (Å²) in [6, 6.07) is 15.0. The molecular weight excluding hydrogens is 296 g/mol. The van der Waals surface area contributed by atoms with E-state index in [0.717, 1.165) is 11.3 Å². The van der Waals surface area contributed by atoms with Crippen LogP contribution < -0.4 is 10.2 Å². The third-order valence-corrected chi connectivity index (χ3v) is 3.79. The highest BCUT2D eigenvalue weighted by Crippen LogP contribution is 2.35. The lowest BCUT2D eigenvalue weighted by molar-refractivity contribution is -0.118. The van der Waals surface area contributed by atoms with Gasteiger partial charge in [-0.3, -0.25) is 9.78 Å².